The van der Waals surface area contributed by atoms with Crippen molar-refractivity contribution in [2.45, 2.75) is 38.8 Å². The molecule has 0 unspecified atom stereocenters. The summed E-state index contributed by atoms with van der Waals surface area (Å²) in [6.07, 6.45) is 5.47. The van der Waals surface area contributed by atoms with Crippen LogP contribution in [0.25, 0.3) is 6.08 Å². The molecule has 27 heavy (non-hydrogen) atoms. The molecular weight excluding hydrogens is 344 g/mol. The Hall–Kier alpha value is -2.21. The summed E-state index contributed by atoms with van der Waals surface area (Å²) in [6.45, 7) is 7.56. The number of carbonyl (C=O) groups excluding carboxylic acids is 1. The number of likely N-dealkylation sites (N-methyl/N-ethyl adjacent to an activating group) is 1. The Labute approximate surface area is 161 Å². The van der Waals surface area contributed by atoms with Crippen LogP contribution in [0.1, 0.15) is 32.3 Å². The average Bonchev–Trinajstić information content (AvgIpc) is 2.70. The Morgan fingerprint density at radius 2 is 1.96 bits per heavy atom. The molecule has 0 saturated carbocycles. The zero-order valence-corrected chi connectivity index (χ0v) is 16.7. The Bertz CT molecular complexity index is 676. The van der Waals surface area contributed by atoms with Crippen LogP contribution in [0.5, 0.6) is 17.2 Å². The molecule has 2 aliphatic rings. The van der Waals surface area contributed by atoms with Crippen molar-refractivity contribution in [2.24, 2.45) is 0 Å². The predicted octanol–water partition coefficient (Wildman–Crippen LogP) is 2.81. The van der Waals surface area contributed by atoms with Gasteiger partial charge in [0.15, 0.2) is 11.5 Å². The second-order valence-corrected chi connectivity index (χ2v) is 7.39. The topological polar surface area (TPSA) is 51.2 Å². The number of benzene rings is 1. The lowest BCUT2D eigenvalue weighted by atomic mass is 10.0. The third kappa shape index (κ3) is 4.56. The molecule has 0 spiro atoms. The van der Waals surface area contributed by atoms with Crippen molar-refractivity contribution in [3.05, 3.63) is 23.8 Å². The fraction of sp³-hybridized carbons (Fsp3) is 0.571. The summed E-state index contributed by atoms with van der Waals surface area (Å²) in [5, 5.41) is 0. The lowest BCUT2D eigenvalue weighted by Crippen LogP contribution is -2.47. The molecular formula is C21H30N2O4. The summed E-state index contributed by atoms with van der Waals surface area (Å²) in [5.41, 5.74) is 0.854. The number of ether oxygens (including phenoxy) is 3. The fourth-order valence-corrected chi connectivity index (χ4v) is 3.64. The van der Waals surface area contributed by atoms with E-state index in [-0.39, 0.29) is 5.91 Å². The largest absolute Gasteiger partial charge is 0.493 e. The number of fused-ring (bicyclic) bond motifs is 1. The van der Waals surface area contributed by atoms with Crippen LogP contribution < -0.4 is 14.2 Å². The van der Waals surface area contributed by atoms with Crippen molar-refractivity contribution in [3.63, 3.8) is 0 Å². The molecule has 0 N–H and O–H groups in total. The molecule has 3 rings (SSSR count). The number of piperidine rings is 1. The molecule has 2 aliphatic heterocycles. The van der Waals surface area contributed by atoms with E-state index in [9.17, 15) is 4.79 Å². The average molecular weight is 374 g/mol. The molecule has 6 heteroatoms. The van der Waals surface area contributed by atoms with Crippen molar-refractivity contribution >= 4 is 12.0 Å². The third-order valence-electron chi connectivity index (χ3n) is 5.39. The molecule has 6 nitrogen and oxygen atoms in total. The number of rotatable bonds is 5. The summed E-state index contributed by atoms with van der Waals surface area (Å²) >= 11 is 0. The molecule has 0 bridgehead atoms. The van der Waals surface area contributed by atoms with Gasteiger partial charge in [-0.25, -0.2) is 0 Å². The van der Waals surface area contributed by atoms with Crippen molar-refractivity contribution in [1.82, 2.24) is 9.80 Å². The summed E-state index contributed by atoms with van der Waals surface area (Å²) in [4.78, 5) is 16.9. The minimum atomic E-state index is 0.0202. The first-order valence-electron chi connectivity index (χ1n) is 9.66. The van der Waals surface area contributed by atoms with Crippen molar-refractivity contribution < 1.29 is 19.0 Å². The van der Waals surface area contributed by atoms with E-state index in [0.717, 1.165) is 31.5 Å². The smallest absolute Gasteiger partial charge is 0.246 e. The summed E-state index contributed by atoms with van der Waals surface area (Å²) < 4.78 is 16.7. The Balaban J connectivity index is 1.64. The van der Waals surface area contributed by atoms with Gasteiger partial charge >= 0.3 is 0 Å². The van der Waals surface area contributed by atoms with Crippen LogP contribution >= 0.6 is 0 Å². The van der Waals surface area contributed by atoms with Gasteiger partial charge in [-0.15, -0.1) is 0 Å². The van der Waals surface area contributed by atoms with E-state index in [1.165, 1.54) is 0 Å². The maximum atomic E-state index is 12.6. The van der Waals surface area contributed by atoms with Gasteiger partial charge in [0.05, 0.1) is 7.11 Å². The lowest BCUT2D eigenvalue weighted by molar-refractivity contribution is -0.127. The lowest BCUT2D eigenvalue weighted by Gasteiger charge is -2.38. The van der Waals surface area contributed by atoms with Gasteiger partial charge in [-0.05, 0) is 50.5 Å². The van der Waals surface area contributed by atoms with Gasteiger partial charge in [0.1, 0.15) is 13.2 Å². The minimum absolute atomic E-state index is 0.0202. The third-order valence-corrected chi connectivity index (χ3v) is 5.39. The fourth-order valence-electron chi connectivity index (χ4n) is 3.64. The molecule has 0 radical (unpaired) electrons. The van der Waals surface area contributed by atoms with Crippen LogP contribution in [-0.4, -0.2) is 68.3 Å². The second-order valence-electron chi connectivity index (χ2n) is 7.39. The highest BCUT2D eigenvalue weighted by Crippen LogP contribution is 2.40. The van der Waals surface area contributed by atoms with E-state index in [1.54, 1.807) is 13.2 Å². The molecule has 148 valence electrons. The van der Waals surface area contributed by atoms with Crippen LogP contribution in [0.3, 0.4) is 0 Å². The number of amides is 1. The normalized spacial score (nSPS) is 18.1. The van der Waals surface area contributed by atoms with E-state index >= 15 is 0 Å². The first-order chi connectivity index (χ1) is 13.0. The summed E-state index contributed by atoms with van der Waals surface area (Å²) in [6, 6.07) is 4.60. The van der Waals surface area contributed by atoms with E-state index < -0.39 is 0 Å². The minimum Gasteiger partial charge on any atom is -0.493 e. The number of nitrogens with zero attached hydrogens (tertiary/aromatic N) is 2. The molecule has 1 aromatic rings. The maximum Gasteiger partial charge on any atom is 0.246 e. The van der Waals surface area contributed by atoms with Crippen LogP contribution in [0.2, 0.25) is 0 Å². The monoisotopic (exact) mass is 374 g/mol. The number of methoxy groups -OCH3 is 1. The molecule has 0 aliphatic carbocycles. The van der Waals surface area contributed by atoms with Crippen molar-refractivity contribution in [3.8, 4) is 17.2 Å². The molecule has 1 saturated heterocycles. The number of hydrogen-bond donors (Lipinski definition) is 0. The highest BCUT2D eigenvalue weighted by Gasteiger charge is 2.25. The van der Waals surface area contributed by atoms with Crippen LogP contribution in [-0.2, 0) is 4.79 Å². The molecule has 0 atom stereocenters. The molecule has 2 heterocycles. The van der Waals surface area contributed by atoms with Crippen LogP contribution in [0, 0.1) is 0 Å². The van der Waals surface area contributed by atoms with Gasteiger partial charge in [-0.1, -0.05) is 0 Å². The number of likely N-dealkylation sites (tertiary alicyclic amines) is 1. The van der Waals surface area contributed by atoms with Crippen molar-refractivity contribution in [2.75, 3.05) is 40.5 Å². The van der Waals surface area contributed by atoms with Crippen LogP contribution in [0.15, 0.2) is 18.2 Å². The Morgan fingerprint density at radius 1 is 1.26 bits per heavy atom. The van der Waals surface area contributed by atoms with E-state index in [2.05, 4.69) is 18.7 Å². The zero-order chi connectivity index (χ0) is 19.4. The molecule has 1 aromatic carbocycles. The van der Waals surface area contributed by atoms with Gasteiger partial charge < -0.3 is 24.0 Å². The van der Waals surface area contributed by atoms with Gasteiger partial charge in [0, 0.05) is 38.3 Å². The summed E-state index contributed by atoms with van der Waals surface area (Å²) in [5.74, 6) is 1.92. The molecule has 1 amide bonds. The van der Waals surface area contributed by atoms with Gasteiger partial charge in [0.25, 0.3) is 0 Å². The molecule has 1 fully saturated rings. The SMILES string of the molecule is COc1cc(/C=C/C(=O)N(C)C2CCN(C(C)C)CC2)cc2c1OCCO2. The standard InChI is InChI=1S/C21H30N2O4/c1-15(2)23-9-7-17(8-10-23)22(3)20(24)6-5-16-13-18(25-4)21-19(14-16)26-11-12-27-21/h5-6,13-15,17H,7-12H2,1-4H3/b6-5+. The highest BCUT2D eigenvalue weighted by molar-refractivity contribution is 5.92. The molecule has 0 aromatic heterocycles. The maximum absolute atomic E-state index is 12.6. The Kier molecular flexibility index (Phi) is 6.26. The number of carbonyl (C=O) groups is 1. The summed E-state index contributed by atoms with van der Waals surface area (Å²) in [7, 11) is 3.50. The van der Waals surface area contributed by atoms with Gasteiger partial charge in [-0.3, -0.25) is 4.79 Å². The first-order valence-corrected chi connectivity index (χ1v) is 9.66. The Morgan fingerprint density at radius 3 is 2.63 bits per heavy atom. The van der Waals surface area contributed by atoms with E-state index in [1.807, 2.05) is 30.2 Å². The van der Waals surface area contributed by atoms with Crippen molar-refractivity contribution in [1.29, 1.82) is 0 Å². The van der Waals surface area contributed by atoms with E-state index in [0.29, 0.717) is 42.5 Å². The highest BCUT2D eigenvalue weighted by atomic mass is 16.6. The quantitative estimate of drug-likeness (QED) is 0.742. The first kappa shape index (κ1) is 19.5. The second kappa shape index (κ2) is 8.65. The number of hydrogen-bond acceptors (Lipinski definition) is 5. The van der Waals surface area contributed by atoms with Crippen LogP contribution in [0.4, 0.5) is 0 Å². The van der Waals surface area contributed by atoms with E-state index in [4.69, 9.17) is 14.2 Å². The van der Waals surface area contributed by atoms with Gasteiger partial charge in [0.2, 0.25) is 11.7 Å². The predicted molar refractivity (Wildman–Crippen MR) is 106 cm³/mol. The van der Waals surface area contributed by atoms with Gasteiger partial charge in [-0.2, -0.15) is 0 Å². The zero-order valence-electron chi connectivity index (χ0n) is 16.7.